The molecule has 3 rings (SSSR count). The fourth-order valence-corrected chi connectivity index (χ4v) is 3.38. The number of rotatable bonds is 3. The summed E-state index contributed by atoms with van der Waals surface area (Å²) in [4.78, 5) is 26.2. The maximum atomic E-state index is 13.0. The minimum atomic E-state index is 0.0241. The zero-order valence-corrected chi connectivity index (χ0v) is 16.0. The number of aromatic nitrogens is 2. The Morgan fingerprint density at radius 3 is 2.58 bits per heavy atom. The molecule has 0 unspecified atom stereocenters. The van der Waals surface area contributed by atoms with Crippen molar-refractivity contribution in [2.45, 2.75) is 27.2 Å². The fraction of sp³-hybridized carbons (Fsp3) is 0.450. The van der Waals surface area contributed by atoms with Crippen molar-refractivity contribution in [1.29, 1.82) is 0 Å². The SMILES string of the molecule is COc1ccccc1C(=O)N1CCCN(c2nc(C)nc(C)c2C)CC1. The summed E-state index contributed by atoms with van der Waals surface area (Å²) in [7, 11) is 1.60. The van der Waals surface area contributed by atoms with Gasteiger partial charge in [0.25, 0.3) is 5.91 Å². The second kappa shape index (κ2) is 7.72. The summed E-state index contributed by atoms with van der Waals surface area (Å²) in [6, 6.07) is 7.40. The van der Waals surface area contributed by atoms with E-state index in [1.807, 2.05) is 43.0 Å². The van der Waals surface area contributed by atoms with Crippen LogP contribution in [0.3, 0.4) is 0 Å². The molecule has 26 heavy (non-hydrogen) atoms. The standard InChI is InChI=1S/C20H26N4O2/c1-14-15(2)21-16(3)22-19(14)23-10-7-11-24(13-12-23)20(25)17-8-5-6-9-18(17)26-4/h5-6,8-9H,7,10-13H2,1-4H3. The van der Waals surface area contributed by atoms with Gasteiger partial charge in [0.15, 0.2) is 0 Å². The highest BCUT2D eigenvalue weighted by molar-refractivity contribution is 5.97. The normalized spacial score (nSPS) is 14.9. The predicted molar refractivity (Wildman–Crippen MR) is 102 cm³/mol. The lowest BCUT2D eigenvalue weighted by Crippen LogP contribution is -2.35. The van der Waals surface area contributed by atoms with E-state index in [0.717, 1.165) is 49.0 Å². The summed E-state index contributed by atoms with van der Waals surface area (Å²) in [6.07, 6.45) is 0.905. The molecule has 0 aliphatic carbocycles. The Hall–Kier alpha value is -2.63. The smallest absolute Gasteiger partial charge is 0.257 e. The summed E-state index contributed by atoms with van der Waals surface area (Å²) in [6.45, 7) is 9.04. The molecule has 0 atom stereocenters. The third-order valence-corrected chi connectivity index (χ3v) is 4.90. The zero-order chi connectivity index (χ0) is 18.7. The molecule has 0 spiro atoms. The van der Waals surface area contributed by atoms with Gasteiger partial charge in [0, 0.05) is 37.4 Å². The van der Waals surface area contributed by atoms with Gasteiger partial charge in [-0.05, 0) is 39.3 Å². The molecule has 6 nitrogen and oxygen atoms in total. The van der Waals surface area contributed by atoms with E-state index in [-0.39, 0.29) is 5.91 Å². The number of aryl methyl sites for hydroxylation is 2. The Kier molecular flexibility index (Phi) is 5.40. The number of anilines is 1. The molecule has 6 heteroatoms. The Balaban J connectivity index is 1.77. The second-order valence-corrected chi connectivity index (χ2v) is 6.64. The van der Waals surface area contributed by atoms with E-state index in [4.69, 9.17) is 4.74 Å². The Labute approximate surface area is 154 Å². The Morgan fingerprint density at radius 1 is 1.04 bits per heavy atom. The number of para-hydroxylation sites is 1. The van der Waals surface area contributed by atoms with Gasteiger partial charge in [-0.25, -0.2) is 9.97 Å². The predicted octanol–water partition coefficient (Wildman–Crippen LogP) is 2.76. The Bertz CT molecular complexity index is 806. The minimum absolute atomic E-state index is 0.0241. The number of carbonyl (C=O) groups excluding carboxylic acids is 1. The average molecular weight is 354 g/mol. The number of carbonyl (C=O) groups is 1. The van der Waals surface area contributed by atoms with E-state index in [1.165, 1.54) is 0 Å². The van der Waals surface area contributed by atoms with Crippen molar-refractivity contribution in [2.75, 3.05) is 38.2 Å². The molecule has 0 radical (unpaired) electrons. The van der Waals surface area contributed by atoms with Gasteiger partial charge in [-0.1, -0.05) is 12.1 Å². The van der Waals surface area contributed by atoms with E-state index >= 15 is 0 Å². The highest BCUT2D eigenvalue weighted by Gasteiger charge is 2.24. The molecule has 0 N–H and O–H groups in total. The molecular formula is C20H26N4O2. The average Bonchev–Trinajstić information content (AvgIpc) is 2.90. The van der Waals surface area contributed by atoms with E-state index in [0.29, 0.717) is 17.9 Å². The van der Waals surface area contributed by atoms with Crippen molar-refractivity contribution in [2.24, 2.45) is 0 Å². The van der Waals surface area contributed by atoms with Crippen LogP contribution in [0.1, 0.15) is 33.9 Å². The zero-order valence-electron chi connectivity index (χ0n) is 16.0. The van der Waals surface area contributed by atoms with E-state index in [2.05, 4.69) is 21.8 Å². The van der Waals surface area contributed by atoms with E-state index < -0.39 is 0 Å². The van der Waals surface area contributed by atoms with Gasteiger partial charge in [-0.15, -0.1) is 0 Å². The molecule has 0 saturated carbocycles. The largest absolute Gasteiger partial charge is 0.496 e. The highest BCUT2D eigenvalue weighted by Crippen LogP contribution is 2.23. The van der Waals surface area contributed by atoms with Crippen molar-refractivity contribution in [3.63, 3.8) is 0 Å². The molecule has 1 aliphatic heterocycles. The summed E-state index contributed by atoms with van der Waals surface area (Å²) in [5.41, 5.74) is 2.74. The lowest BCUT2D eigenvalue weighted by Gasteiger charge is -2.25. The van der Waals surface area contributed by atoms with Crippen LogP contribution in [0.15, 0.2) is 24.3 Å². The maximum Gasteiger partial charge on any atom is 0.257 e. The van der Waals surface area contributed by atoms with Crippen LogP contribution in [0, 0.1) is 20.8 Å². The van der Waals surface area contributed by atoms with Crippen LogP contribution in [0.5, 0.6) is 5.75 Å². The van der Waals surface area contributed by atoms with Gasteiger partial charge < -0.3 is 14.5 Å². The van der Waals surface area contributed by atoms with Crippen molar-refractivity contribution in [1.82, 2.24) is 14.9 Å². The number of hydrogen-bond donors (Lipinski definition) is 0. The quantitative estimate of drug-likeness (QED) is 0.848. The summed E-state index contributed by atoms with van der Waals surface area (Å²) >= 11 is 0. The third-order valence-electron chi connectivity index (χ3n) is 4.90. The van der Waals surface area contributed by atoms with Crippen molar-refractivity contribution in [3.8, 4) is 5.75 Å². The first-order valence-electron chi connectivity index (χ1n) is 9.00. The van der Waals surface area contributed by atoms with Gasteiger partial charge in [0.1, 0.15) is 17.4 Å². The highest BCUT2D eigenvalue weighted by atomic mass is 16.5. The molecule has 0 bridgehead atoms. The Morgan fingerprint density at radius 2 is 1.81 bits per heavy atom. The summed E-state index contributed by atoms with van der Waals surface area (Å²) < 4.78 is 5.35. The number of nitrogens with zero attached hydrogens (tertiary/aromatic N) is 4. The van der Waals surface area contributed by atoms with Crippen molar-refractivity contribution < 1.29 is 9.53 Å². The molecule has 1 fully saturated rings. The molecule has 2 heterocycles. The fourth-order valence-electron chi connectivity index (χ4n) is 3.38. The topological polar surface area (TPSA) is 58.6 Å². The van der Waals surface area contributed by atoms with Crippen LogP contribution < -0.4 is 9.64 Å². The molecule has 1 aliphatic rings. The van der Waals surface area contributed by atoms with Gasteiger partial charge in [-0.3, -0.25) is 4.79 Å². The number of amides is 1. The van der Waals surface area contributed by atoms with Crippen LogP contribution >= 0.6 is 0 Å². The molecule has 2 aromatic rings. The lowest BCUT2D eigenvalue weighted by molar-refractivity contribution is 0.0763. The number of hydrogen-bond acceptors (Lipinski definition) is 5. The lowest BCUT2D eigenvalue weighted by atomic mass is 10.1. The van der Waals surface area contributed by atoms with E-state index in [9.17, 15) is 4.79 Å². The first-order chi connectivity index (χ1) is 12.5. The summed E-state index contributed by atoms with van der Waals surface area (Å²) in [5.74, 6) is 2.42. The molecule has 1 saturated heterocycles. The third kappa shape index (κ3) is 3.64. The summed E-state index contributed by atoms with van der Waals surface area (Å²) in [5, 5.41) is 0. The minimum Gasteiger partial charge on any atom is -0.496 e. The molecule has 1 amide bonds. The van der Waals surface area contributed by atoms with Crippen molar-refractivity contribution >= 4 is 11.7 Å². The first-order valence-corrected chi connectivity index (χ1v) is 9.00. The van der Waals surface area contributed by atoms with Gasteiger partial charge >= 0.3 is 0 Å². The van der Waals surface area contributed by atoms with Crippen LogP contribution in [0.2, 0.25) is 0 Å². The monoisotopic (exact) mass is 354 g/mol. The van der Waals surface area contributed by atoms with Gasteiger partial charge in [0.05, 0.1) is 12.7 Å². The molecular weight excluding hydrogens is 328 g/mol. The van der Waals surface area contributed by atoms with Crippen LogP contribution in [-0.4, -0.2) is 54.1 Å². The second-order valence-electron chi connectivity index (χ2n) is 6.64. The number of methoxy groups -OCH3 is 1. The maximum absolute atomic E-state index is 13.0. The molecule has 1 aromatic carbocycles. The number of benzene rings is 1. The van der Waals surface area contributed by atoms with Gasteiger partial charge in [-0.2, -0.15) is 0 Å². The molecule has 1 aromatic heterocycles. The van der Waals surface area contributed by atoms with Crippen molar-refractivity contribution in [3.05, 3.63) is 46.9 Å². The molecule has 138 valence electrons. The van der Waals surface area contributed by atoms with Crippen LogP contribution in [0.4, 0.5) is 5.82 Å². The van der Waals surface area contributed by atoms with Crippen LogP contribution in [0.25, 0.3) is 0 Å². The van der Waals surface area contributed by atoms with Crippen LogP contribution in [-0.2, 0) is 0 Å². The first kappa shape index (κ1) is 18.2. The van der Waals surface area contributed by atoms with Gasteiger partial charge in [0.2, 0.25) is 0 Å². The number of ether oxygens (including phenoxy) is 1. The van der Waals surface area contributed by atoms with E-state index in [1.54, 1.807) is 7.11 Å².